The van der Waals surface area contributed by atoms with Crippen molar-refractivity contribution in [3.05, 3.63) is 95.0 Å². The van der Waals surface area contributed by atoms with E-state index >= 15 is 0 Å². The van der Waals surface area contributed by atoms with E-state index in [1.54, 1.807) is 6.07 Å². The lowest BCUT2D eigenvalue weighted by Gasteiger charge is -2.32. The SMILES string of the molecule is CCCCNC(=O)[C@@H](C)N(Cc1ccc(F)cc1)C(=O)CN(c1ccc(F)c(Cl)c1)S(=O)(=O)c1ccccc1. The Hall–Kier alpha value is -3.50. The first kappa shape index (κ1) is 30.0. The van der Waals surface area contributed by atoms with Crippen LogP contribution >= 0.6 is 11.6 Å². The van der Waals surface area contributed by atoms with Crippen LogP contribution in [0.5, 0.6) is 0 Å². The second-order valence-electron chi connectivity index (χ2n) is 8.89. The molecule has 0 saturated carbocycles. The standard InChI is InChI=1S/C28H30ClF2N3O4S/c1-3-4-16-32-28(36)20(2)33(18-21-10-12-22(30)13-11-21)27(35)19-34(23-14-15-26(31)25(29)17-23)39(37,38)24-8-6-5-7-9-24/h5-15,17,20H,3-4,16,18-19H2,1-2H3,(H,32,36)/t20-/m1/s1. The van der Waals surface area contributed by atoms with E-state index < -0.39 is 46.1 Å². The molecule has 3 aromatic carbocycles. The van der Waals surface area contributed by atoms with E-state index in [-0.39, 0.29) is 22.2 Å². The summed E-state index contributed by atoms with van der Waals surface area (Å²) in [7, 11) is -4.30. The number of amides is 2. The molecule has 0 fully saturated rings. The van der Waals surface area contributed by atoms with Gasteiger partial charge in [0, 0.05) is 13.1 Å². The molecule has 0 aliphatic rings. The van der Waals surface area contributed by atoms with Gasteiger partial charge in [0.1, 0.15) is 24.2 Å². The van der Waals surface area contributed by atoms with Crippen molar-refractivity contribution in [1.29, 1.82) is 0 Å². The van der Waals surface area contributed by atoms with Crippen molar-refractivity contribution >= 4 is 39.1 Å². The number of carbonyl (C=O) groups is 2. The Morgan fingerprint density at radius 2 is 1.67 bits per heavy atom. The fraction of sp³-hybridized carbons (Fsp3) is 0.286. The van der Waals surface area contributed by atoms with Crippen molar-refractivity contribution < 1.29 is 26.8 Å². The van der Waals surface area contributed by atoms with Crippen molar-refractivity contribution in [3.63, 3.8) is 0 Å². The second-order valence-corrected chi connectivity index (χ2v) is 11.2. The molecule has 7 nitrogen and oxygen atoms in total. The molecule has 208 valence electrons. The van der Waals surface area contributed by atoms with Crippen LogP contribution in [0.4, 0.5) is 14.5 Å². The van der Waals surface area contributed by atoms with E-state index in [9.17, 15) is 26.8 Å². The number of carbonyl (C=O) groups excluding carboxylic acids is 2. The van der Waals surface area contributed by atoms with E-state index in [0.717, 1.165) is 29.3 Å². The Morgan fingerprint density at radius 1 is 1.00 bits per heavy atom. The molecule has 39 heavy (non-hydrogen) atoms. The summed E-state index contributed by atoms with van der Waals surface area (Å²) in [6, 6.07) is 15.3. The molecule has 0 bridgehead atoms. The molecular weight excluding hydrogens is 548 g/mol. The number of nitrogens with one attached hydrogen (secondary N) is 1. The Balaban J connectivity index is 2.00. The normalized spacial score (nSPS) is 12.0. The van der Waals surface area contributed by atoms with Gasteiger partial charge in [-0.25, -0.2) is 17.2 Å². The molecule has 11 heteroatoms. The minimum atomic E-state index is -4.30. The molecule has 1 N–H and O–H groups in total. The van der Waals surface area contributed by atoms with Crippen LogP contribution in [0.15, 0.2) is 77.7 Å². The summed E-state index contributed by atoms with van der Waals surface area (Å²) in [6.07, 6.45) is 1.61. The molecule has 0 aromatic heterocycles. The van der Waals surface area contributed by atoms with Gasteiger partial charge in [0.25, 0.3) is 10.0 Å². The summed E-state index contributed by atoms with van der Waals surface area (Å²) in [5.74, 6) is -2.33. The number of anilines is 1. The maximum atomic E-state index is 13.9. The Bertz CT molecular complexity index is 1390. The number of benzene rings is 3. The fourth-order valence-corrected chi connectivity index (χ4v) is 5.40. The number of sulfonamides is 1. The second kappa shape index (κ2) is 13.5. The molecule has 0 aliphatic carbocycles. The number of hydrogen-bond donors (Lipinski definition) is 1. The van der Waals surface area contributed by atoms with E-state index in [0.29, 0.717) is 12.1 Å². The molecule has 3 rings (SSSR count). The zero-order chi connectivity index (χ0) is 28.6. The zero-order valence-electron chi connectivity index (χ0n) is 21.6. The smallest absolute Gasteiger partial charge is 0.264 e. The maximum absolute atomic E-state index is 13.9. The van der Waals surface area contributed by atoms with Gasteiger partial charge < -0.3 is 10.2 Å². The van der Waals surface area contributed by atoms with Gasteiger partial charge in [-0.3, -0.25) is 13.9 Å². The van der Waals surface area contributed by atoms with Crippen LogP contribution in [0.2, 0.25) is 5.02 Å². The van der Waals surface area contributed by atoms with E-state index in [2.05, 4.69) is 5.32 Å². The van der Waals surface area contributed by atoms with Crippen LogP contribution in [0.3, 0.4) is 0 Å². The summed E-state index contributed by atoms with van der Waals surface area (Å²) in [5, 5.41) is 2.47. The molecule has 0 saturated heterocycles. The van der Waals surface area contributed by atoms with Crippen LogP contribution < -0.4 is 9.62 Å². The molecule has 1 atom stereocenters. The third kappa shape index (κ3) is 7.77. The van der Waals surface area contributed by atoms with E-state index in [4.69, 9.17) is 11.6 Å². The number of unbranched alkanes of at least 4 members (excludes halogenated alkanes) is 1. The lowest BCUT2D eigenvalue weighted by atomic mass is 10.1. The zero-order valence-corrected chi connectivity index (χ0v) is 23.2. The summed E-state index contributed by atoms with van der Waals surface area (Å²) in [4.78, 5) is 27.8. The van der Waals surface area contributed by atoms with Crippen LogP contribution in [0, 0.1) is 11.6 Å². The molecule has 0 heterocycles. The van der Waals surface area contributed by atoms with E-state index in [1.807, 2.05) is 6.92 Å². The maximum Gasteiger partial charge on any atom is 0.264 e. The monoisotopic (exact) mass is 577 g/mol. The van der Waals surface area contributed by atoms with Crippen LogP contribution in [0.25, 0.3) is 0 Å². The molecule has 0 unspecified atom stereocenters. The van der Waals surface area contributed by atoms with Gasteiger partial charge >= 0.3 is 0 Å². The number of rotatable bonds is 12. The molecule has 0 spiro atoms. The quantitative estimate of drug-likeness (QED) is 0.302. The minimum absolute atomic E-state index is 0.0274. The predicted octanol–water partition coefficient (Wildman–Crippen LogP) is 5.15. The summed E-state index contributed by atoms with van der Waals surface area (Å²) in [5.41, 5.74) is 0.514. The van der Waals surface area contributed by atoms with Gasteiger partial charge in [0.15, 0.2) is 0 Å². The van der Waals surface area contributed by atoms with Crippen molar-refractivity contribution in [2.45, 2.75) is 44.2 Å². The van der Waals surface area contributed by atoms with Crippen LogP contribution in [0.1, 0.15) is 32.3 Å². The Labute approximate surface area is 232 Å². The largest absolute Gasteiger partial charge is 0.354 e. The van der Waals surface area contributed by atoms with Gasteiger partial charge in [-0.2, -0.15) is 0 Å². The first-order valence-electron chi connectivity index (χ1n) is 12.4. The highest BCUT2D eigenvalue weighted by atomic mass is 35.5. The van der Waals surface area contributed by atoms with Gasteiger partial charge in [0.2, 0.25) is 11.8 Å². The van der Waals surface area contributed by atoms with Crippen molar-refractivity contribution in [2.24, 2.45) is 0 Å². The average molecular weight is 578 g/mol. The lowest BCUT2D eigenvalue weighted by Crippen LogP contribution is -2.51. The van der Waals surface area contributed by atoms with Crippen LogP contribution in [-0.2, 0) is 26.2 Å². The van der Waals surface area contributed by atoms with Crippen molar-refractivity contribution in [3.8, 4) is 0 Å². The van der Waals surface area contributed by atoms with Crippen LogP contribution in [-0.4, -0.2) is 44.3 Å². The summed E-state index contributed by atoms with van der Waals surface area (Å²) >= 11 is 5.95. The molecule has 0 radical (unpaired) electrons. The minimum Gasteiger partial charge on any atom is -0.354 e. The highest BCUT2D eigenvalue weighted by Crippen LogP contribution is 2.28. The number of nitrogens with zero attached hydrogens (tertiary/aromatic N) is 2. The highest BCUT2D eigenvalue weighted by Gasteiger charge is 2.32. The first-order chi connectivity index (χ1) is 18.5. The topological polar surface area (TPSA) is 86.8 Å². The fourth-order valence-electron chi connectivity index (χ4n) is 3.79. The van der Waals surface area contributed by atoms with Gasteiger partial charge in [-0.1, -0.05) is 55.3 Å². The van der Waals surface area contributed by atoms with Gasteiger partial charge in [0.05, 0.1) is 15.6 Å². The highest BCUT2D eigenvalue weighted by molar-refractivity contribution is 7.92. The Morgan fingerprint density at radius 3 is 2.28 bits per heavy atom. The van der Waals surface area contributed by atoms with E-state index in [1.165, 1.54) is 66.4 Å². The van der Waals surface area contributed by atoms with Crippen molar-refractivity contribution in [1.82, 2.24) is 10.2 Å². The first-order valence-corrected chi connectivity index (χ1v) is 14.2. The molecule has 2 amide bonds. The molecule has 3 aromatic rings. The van der Waals surface area contributed by atoms with Gasteiger partial charge in [-0.05, 0) is 61.4 Å². The number of hydrogen-bond acceptors (Lipinski definition) is 4. The third-order valence-electron chi connectivity index (χ3n) is 6.06. The molecule has 0 aliphatic heterocycles. The van der Waals surface area contributed by atoms with Crippen molar-refractivity contribution in [2.75, 3.05) is 17.4 Å². The lowest BCUT2D eigenvalue weighted by molar-refractivity contribution is -0.139. The predicted molar refractivity (Wildman–Crippen MR) is 147 cm³/mol. The summed E-state index contributed by atoms with van der Waals surface area (Å²) in [6.45, 7) is 3.15. The molecular formula is C28H30ClF2N3O4S. The average Bonchev–Trinajstić information content (AvgIpc) is 2.93. The summed E-state index contributed by atoms with van der Waals surface area (Å²) < 4.78 is 55.6. The van der Waals surface area contributed by atoms with Gasteiger partial charge in [-0.15, -0.1) is 0 Å². The third-order valence-corrected chi connectivity index (χ3v) is 8.14. The Kier molecular flexibility index (Phi) is 10.4. The number of halogens is 3.